The van der Waals surface area contributed by atoms with Crippen molar-refractivity contribution >= 4 is 0 Å². The van der Waals surface area contributed by atoms with Gasteiger partial charge in [-0.25, -0.2) is 0 Å². The molecule has 0 saturated heterocycles. The van der Waals surface area contributed by atoms with E-state index in [1.165, 1.54) is 27.8 Å². The largest absolute Gasteiger partial charge is 0.507 e. The van der Waals surface area contributed by atoms with Crippen LogP contribution in [0.2, 0.25) is 0 Å². The summed E-state index contributed by atoms with van der Waals surface area (Å²) in [6.45, 7) is 6.59. The van der Waals surface area contributed by atoms with Gasteiger partial charge in [-0.15, -0.1) is 0 Å². The highest BCUT2D eigenvalue weighted by atomic mass is 16.3. The second kappa shape index (κ2) is 5.24. The molecule has 0 atom stereocenters. The predicted molar refractivity (Wildman–Crippen MR) is 100 cm³/mol. The monoisotopic (exact) mass is 314 g/mol. The van der Waals surface area contributed by atoms with Gasteiger partial charge in [-0.05, 0) is 57.3 Å². The maximum Gasteiger partial charge on any atom is 0.123 e. The Morgan fingerprint density at radius 2 is 1.50 bits per heavy atom. The lowest BCUT2D eigenvalue weighted by Crippen LogP contribution is -2.10. The number of fused-ring (bicyclic) bond motifs is 3. The molecule has 0 spiro atoms. The van der Waals surface area contributed by atoms with Gasteiger partial charge in [0.15, 0.2) is 0 Å². The van der Waals surface area contributed by atoms with E-state index in [4.69, 9.17) is 0 Å². The summed E-state index contributed by atoms with van der Waals surface area (Å²) < 4.78 is 0. The molecule has 0 bridgehead atoms. The number of hydrogen-bond acceptors (Lipinski definition) is 1. The van der Waals surface area contributed by atoms with E-state index in [2.05, 4.69) is 69.3 Å². The van der Waals surface area contributed by atoms with Crippen molar-refractivity contribution in [3.05, 3.63) is 77.4 Å². The molecular formula is C23H22O. The molecule has 3 aromatic rings. The SMILES string of the molecule is CC(C)(C)c1ccc(O)c(-c2ccc3c(c2)Cc2ccccc2-3)c1. The highest BCUT2D eigenvalue weighted by Gasteiger charge is 2.20. The molecule has 120 valence electrons. The van der Waals surface area contributed by atoms with E-state index >= 15 is 0 Å². The molecule has 1 aliphatic rings. The molecule has 0 aliphatic heterocycles. The Morgan fingerprint density at radius 3 is 2.29 bits per heavy atom. The van der Waals surface area contributed by atoms with E-state index in [0.717, 1.165) is 17.5 Å². The van der Waals surface area contributed by atoms with E-state index in [1.54, 1.807) is 0 Å². The van der Waals surface area contributed by atoms with E-state index in [0.29, 0.717) is 5.75 Å². The van der Waals surface area contributed by atoms with Gasteiger partial charge in [0.05, 0.1) is 0 Å². The van der Waals surface area contributed by atoms with Gasteiger partial charge in [-0.2, -0.15) is 0 Å². The van der Waals surface area contributed by atoms with E-state index < -0.39 is 0 Å². The van der Waals surface area contributed by atoms with Gasteiger partial charge in [0.1, 0.15) is 5.75 Å². The van der Waals surface area contributed by atoms with Crippen LogP contribution >= 0.6 is 0 Å². The highest BCUT2D eigenvalue weighted by Crippen LogP contribution is 2.40. The van der Waals surface area contributed by atoms with Crippen molar-refractivity contribution in [2.45, 2.75) is 32.6 Å². The lowest BCUT2D eigenvalue weighted by atomic mass is 9.85. The second-order valence-corrected chi connectivity index (χ2v) is 7.69. The Balaban J connectivity index is 1.81. The minimum absolute atomic E-state index is 0.0649. The summed E-state index contributed by atoms with van der Waals surface area (Å²) >= 11 is 0. The average Bonchev–Trinajstić information content (AvgIpc) is 2.91. The summed E-state index contributed by atoms with van der Waals surface area (Å²) in [4.78, 5) is 0. The van der Waals surface area contributed by atoms with Gasteiger partial charge in [-0.1, -0.05) is 69.3 Å². The highest BCUT2D eigenvalue weighted by molar-refractivity contribution is 5.81. The van der Waals surface area contributed by atoms with Gasteiger partial charge < -0.3 is 5.11 Å². The molecular weight excluding hydrogens is 292 g/mol. The topological polar surface area (TPSA) is 20.2 Å². The van der Waals surface area contributed by atoms with Crippen molar-refractivity contribution in [2.24, 2.45) is 0 Å². The minimum atomic E-state index is 0.0649. The number of rotatable bonds is 1. The molecule has 1 N–H and O–H groups in total. The van der Waals surface area contributed by atoms with Crippen LogP contribution in [0.15, 0.2) is 60.7 Å². The van der Waals surface area contributed by atoms with Crippen molar-refractivity contribution < 1.29 is 5.11 Å². The lowest BCUT2D eigenvalue weighted by molar-refractivity contribution is 0.476. The number of benzene rings is 3. The summed E-state index contributed by atoms with van der Waals surface area (Å²) in [6, 6.07) is 21.1. The standard InChI is InChI=1S/C23H22O/c1-23(2,3)18-9-11-22(24)21(14-18)16-8-10-20-17(13-16)12-15-6-4-5-7-19(15)20/h4-11,13-14,24H,12H2,1-3H3. The third kappa shape index (κ3) is 2.41. The fourth-order valence-electron chi connectivity index (χ4n) is 3.55. The van der Waals surface area contributed by atoms with Crippen molar-refractivity contribution in [2.75, 3.05) is 0 Å². The number of phenolic OH excluding ortho intramolecular Hbond substituents is 1. The minimum Gasteiger partial charge on any atom is -0.507 e. The van der Waals surface area contributed by atoms with Crippen LogP contribution in [0.4, 0.5) is 0 Å². The Morgan fingerprint density at radius 1 is 0.750 bits per heavy atom. The zero-order valence-corrected chi connectivity index (χ0v) is 14.4. The molecule has 3 aromatic carbocycles. The van der Waals surface area contributed by atoms with Crippen LogP contribution in [-0.2, 0) is 11.8 Å². The first-order valence-corrected chi connectivity index (χ1v) is 8.48. The summed E-state index contributed by atoms with van der Waals surface area (Å²) in [5, 5.41) is 10.4. The fraction of sp³-hybridized carbons (Fsp3) is 0.217. The van der Waals surface area contributed by atoms with E-state index in [1.807, 2.05) is 12.1 Å². The number of phenols is 1. The van der Waals surface area contributed by atoms with Crippen LogP contribution in [0.1, 0.15) is 37.5 Å². The van der Waals surface area contributed by atoms with Crippen molar-refractivity contribution in [3.63, 3.8) is 0 Å². The van der Waals surface area contributed by atoms with Gasteiger partial charge >= 0.3 is 0 Å². The Kier molecular flexibility index (Phi) is 3.28. The molecule has 0 fully saturated rings. The van der Waals surface area contributed by atoms with Crippen LogP contribution in [0.25, 0.3) is 22.3 Å². The molecule has 0 unspecified atom stereocenters. The van der Waals surface area contributed by atoms with Gasteiger partial charge in [-0.3, -0.25) is 0 Å². The molecule has 0 saturated carbocycles. The van der Waals surface area contributed by atoms with Gasteiger partial charge in [0.2, 0.25) is 0 Å². The normalized spacial score (nSPS) is 12.8. The molecule has 1 heteroatoms. The Labute approximate surface area is 143 Å². The maximum atomic E-state index is 10.4. The molecule has 0 heterocycles. The van der Waals surface area contributed by atoms with Crippen molar-refractivity contribution in [1.29, 1.82) is 0 Å². The van der Waals surface area contributed by atoms with Crippen LogP contribution in [0.5, 0.6) is 5.75 Å². The lowest BCUT2D eigenvalue weighted by Gasteiger charge is -2.20. The molecule has 24 heavy (non-hydrogen) atoms. The summed E-state index contributed by atoms with van der Waals surface area (Å²) in [5.41, 5.74) is 8.69. The van der Waals surface area contributed by atoms with E-state index in [9.17, 15) is 5.11 Å². The van der Waals surface area contributed by atoms with Crippen LogP contribution in [0.3, 0.4) is 0 Å². The molecule has 4 rings (SSSR count). The number of hydrogen-bond donors (Lipinski definition) is 1. The third-order valence-corrected chi connectivity index (χ3v) is 4.97. The summed E-state index contributed by atoms with van der Waals surface area (Å²) in [5.74, 6) is 0.346. The maximum absolute atomic E-state index is 10.4. The van der Waals surface area contributed by atoms with Crippen LogP contribution in [-0.4, -0.2) is 5.11 Å². The Bertz CT molecular complexity index is 929. The predicted octanol–water partition coefficient (Wildman–Crippen LogP) is 5.93. The molecule has 1 nitrogen and oxygen atoms in total. The summed E-state index contributed by atoms with van der Waals surface area (Å²) in [6.07, 6.45) is 0.971. The molecule has 0 radical (unpaired) electrons. The average molecular weight is 314 g/mol. The van der Waals surface area contributed by atoms with Crippen LogP contribution in [0, 0.1) is 0 Å². The van der Waals surface area contributed by atoms with Gasteiger partial charge in [0.25, 0.3) is 0 Å². The fourth-order valence-corrected chi connectivity index (χ4v) is 3.55. The summed E-state index contributed by atoms with van der Waals surface area (Å²) in [7, 11) is 0. The second-order valence-electron chi connectivity index (χ2n) is 7.69. The van der Waals surface area contributed by atoms with Crippen molar-refractivity contribution in [3.8, 4) is 28.0 Å². The van der Waals surface area contributed by atoms with Gasteiger partial charge in [0, 0.05) is 5.56 Å². The van der Waals surface area contributed by atoms with E-state index in [-0.39, 0.29) is 5.41 Å². The molecule has 0 amide bonds. The number of aromatic hydroxyl groups is 1. The Hall–Kier alpha value is -2.54. The smallest absolute Gasteiger partial charge is 0.123 e. The third-order valence-electron chi connectivity index (χ3n) is 4.97. The first kappa shape index (κ1) is 15.0. The zero-order valence-electron chi connectivity index (χ0n) is 14.4. The molecule has 0 aromatic heterocycles. The van der Waals surface area contributed by atoms with Crippen LogP contribution < -0.4 is 0 Å². The molecule has 1 aliphatic carbocycles. The quantitative estimate of drug-likeness (QED) is 0.462. The zero-order chi connectivity index (χ0) is 16.9. The first-order chi connectivity index (χ1) is 11.4. The first-order valence-electron chi connectivity index (χ1n) is 8.48. The van der Waals surface area contributed by atoms with Crippen molar-refractivity contribution in [1.82, 2.24) is 0 Å².